The van der Waals surface area contributed by atoms with Crippen LogP contribution < -0.4 is 4.90 Å². The summed E-state index contributed by atoms with van der Waals surface area (Å²) >= 11 is 0. The predicted octanol–water partition coefficient (Wildman–Crippen LogP) is 3.26. The lowest BCUT2D eigenvalue weighted by atomic mass is 9.75. The zero-order valence-corrected chi connectivity index (χ0v) is 15.1. The number of fused-ring (bicyclic) bond motifs is 1. The van der Waals surface area contributed by atoms with Crippen LogP contribution in [0.4, 0.5) is 11.5 Å². The largest absolute Gasteiger partial charge is 0.378 e. The highest BCUT2D eigenvalue weighted by atomic mass is 16.5. The highest BCUT2D eigenvalue weighted by Gasteiger charge is 2.37. The molecule has 4 rings (SSSR count). The summed E-state index contributed by atoms with van der Waals surface area (Å²) in [6.07, 6.45) is 1.81. The van der Waals surface area contributed by atoms with Gasteiger partial charge < -0.3 is 9.64 Å². The Kier molecular flexibility index (Phi) is 4.48. The van der Waals surface area contributed by atoms with Crippen LogP contribution in [0.1, 0.15) is 30.9 Å². The minimum atomic E-state index is -0.278. The maximum absolute atomic E-state index is 9.93. The van der Waals surface area contributed by atoms with E-state index >= 15 is 0 Å². The van der Waals surface area contributed by atoms with Crippen LogP contribution in [0.15, 0.2) is 35.5 Å². The van der Waals surface area contributed by atoms with Gasteiger partial charge in [0, 0.05) is 36.0 Å². The van der Waals surface area contributed by atoms with Crippen LogP contribution in [-0.4, -0.2) is 42.2 Å². The molecular weight excluding hydrogens is 326 g/mol. The van der Waals surface area contributed by atoms with E-state index in [-0.39, 0.29) is 17.8 Å². The van der Waals surface area contributed by atoms with Gasteiger partial charge in [0.15, 0.2) is 5.82 Å². The average molecular weight is 349 g/mol. The van der Waals surface area contributed by atoms with Gasteiger partial charge in [0.1, 0.15) is 0 Å². The number of nitriles is 1. The zero-order chi connectivity index (χ0) is 18.1. The molecule has 26 heavy (non-hydrogen) atoms. The molecular formula is C20H23N5O. The van der Waals surface area contributed by atoms with Gasteiger partial charge in [0.25, 0.3) is 0 Å². The molecule has 134 valence electrons. The zero-order valence-electron chi connectivity index (χ0n) is 15.1. The summed E-state index contributed by atoms with van der Waals surface area (Å²) in [7, 11) is 0. The van der Waals surface area contributed by atoms with Crippen LogP contribution in [0, 0.1) is 23.2 Å². The van der Waals surface area contributed by atoms with Crippen LogP contribution in [0.25, 0.3) is 0 Å². The minimum absolute atomic E-state index is 0.0513. The monoisotopic (exact) mass is 349 g/mol. The molecule has 6 nitrogen and oxygen atoms in total. The normalized spacial score (nSPS) is 22.7. The first-order valence-corrected chi connectivity index (χ1v) is 9.13. The first-order valence-electron chi connectivity index (χ1n) is 9.13. The lowest BCUT2D eigenvalue weighted by Gasteiger charge is -2.32. The standard InChI is InChI=1S/C20H23N5O/c1-13(2)19-16(11-21)18(17-12-22-24-20(17)23-19)14-4-3-5-15(10-14)25-6-8-26-9-7-25/h3-5,10,12-13,16,18H,6-9H2,1-2H3,(H,22,24). The Morgan fingerprint density at radius 1 is 1.31 bits per heavy atom. The summed E-state index contributed by atoms with van der Waals surface area (Å²) in [5, 5.41) is 17.1. The molecule has 1 aromatic carbocycles. The molecule has 0 amide bonds. The topological polar surface area (TPSA) is 77.3 Å². The summed E-state index contributed by atoms with van der Waals surface area (Å²) in [5.41, 5.74) is 4.24. The second kappa shape index (κ2) is 6.93. The van der Waals surface area contributed by atoms with Crippen molar-refractivity contribution in [2.45, 2.75) is 19.8 Å². The number of ether oxygens (including phenoxy) is 1. The number of aromatic nitrogens is 2. The van der Waals surface area contributed by atoms with E-state index in [2.05, 4.69) is 59.3 Å². The third kappa shape index (κ3) is 2.89. The second-order valence-corrected chi connectivity index (χ2v) is 7.14. The molecule has 1 N–H and O–H groups in total. The van der Waals surface area contributed by atoms with Crippen molar-refractivity contribution < 1.29 is 4.74 Å². The smallest absolute Gasteiger partial charge is 0.151 e. The molecule has 1 fully saturated rings. The van der Waals surface area contributed by atoms with E-state index in [0.29, 0.717) is 0 Å². The number of aromatic amines is 1. The van der Waals surface area contributed by atoms with Crippen LogP contribution in [0.2, 0.25) is 0 Å². The number of hydrogen-bond donors (Lipinski definition) is 1. The summed E-state index contributed by atoms with van der Waals surface area (Å²) in [4.78, 5) is 7.03. The number of benzene rings is 1. The highest BCUT2D eigenvalue weighted by molar-refractivity contribution is 5.95. The lowest BCUT2D eigenvalue weighted by Crippen LogP contribution is -2.36. The quantitative estimate of drug-likeness (QED) is 0.922. The van der Waals surface area contributed by atoms with Crippen molar-refractivity contribution in [2.75, 3.05) is 31.2 Å². The summed E-state index contributed by atoms with van der Waals surface area (Å²) in [5.74, 6) is 0.660. The van der Waals surface area contributed by atoms with Gasteiger partial charge in [-0.05, 0) is 23.6 Å². The third-order valence-corrected chi connectivity index (χ3v) is 5.21. The Hall–Kier alpha value is -2.65. The third-order valence-electron chi connectivity index (χ3n) is 5.21. The van der Waals surface area contributed by atoms with Crippen LogP contribution in [0.3, 0.4) is 0 Å². The van der Waals surface area contributed by atoms with Crippen molar-refractivity contribution in [1.29, 1.82) is 5.26 Å². The fourth-order valence-corrected chi connectivity index (χ4v) is 3.89. The molecule has 2 atom stereocenters. The number of morpholine rings is 1. The van der Waals surface area contributed by atoms with Crippen molar-refractivity contribution >= 4 is 17.2 Å². The van der Waals surface area contributed by atoms with E-state index in [0.717, 1.165) is 49.0 Å². The minimum Gasteiger partial charge on any atom is -0.378 e. The summed E-state index contributed by atoms with van der Waals surface area (Å²) < 4.78 is 5.47. The van der Waals surface area contributed by atoms with Gasteiger partial charge in [0.05, 0.1) is 31.4 Å². The molecule has 0 saturated carbocycles. The fraction of sp³-hybridized carbons (Fsp3) is 0.450. The first-order chi connectivity index (χ1) is 12.7. The SMILES string of the molecule is CC(C)C1=Nc2[nH]ncc2C(c2cccc(N3CCOCC3)c2)C1C#N. The van der Waals surface area contributed by atoms with E-state index in [1.54, 1.807) is 0 Å². The van der Waals surface area contributed by atoms with Gasteiger partial charge in [0.2, 0.25) is 0 Å². The van der Waals surface area contributed by atoms with Gasteiger partial charge in [-0.3, -0.25) is 5.10 Å². The van der Waals surface area contributed by atoms with Crippen molar-refractivity contribution in [3.8, 4) is 6.07 Å². The van der Waals surface area contributed by atoms with E-state index in [1.165, 1.54) is 5.69 Å². The van der Waals surface area contributed by atoms with E-state index in [1.807, 2.05) is 6.20 Å². The van der Waals surface area contributed by atoms with Crippen LogP contribution >= 0.6 is 0 Å². The highest BCUT2D eigenvalue weighted by Crippen LogP contribution is 2.43. The van der Waals surface area contributed by atoms with Gasteiger partial charge >= 0.3 is 0 Å². The fourth-order valence-electron chi connectivity index (χ4n) is 3.89. The molecule has 0 spiro atoms. The number of aliphatic imine (C=N–C) groups is 1. The maximum atomic E-state index is 9.93. The number of H-pyrrole nitrogens is 1. The Balaban J connectivity index is 1.76. The Morgan fingerprint density at radius 3 is 2.85 bits per heavy atom. The van der Waals surface area contributed by atoms with Crippen LogP contribution in [0.5, 0.6) is 0 Å². The average Bonchev–Trinajstić information content (AvgIpc) is 3.15. The van der Waals surface area contributed by atoms with Crippen molar-refractivity contribution in [1.82, 2.24) is 10.2 Å². The lowest BCUT2D eigenvalue weighted by molar-refractivity contribution is 0.122. The van der Waals surface area contributed by atoms with Gasteiger partial charge in [-0.15, -0.1) is 0 Å². The summed E-state index contributed by atoms with van der Waals surface area (Å²) in [6.45, 7) is 7.48. The molecule has 1 saturated heterocycles. The van der Waals surface area contributed by atoms with Crippen molar-refractivity contribution in [3.05, 3.63) is 41.6 Å². The molecule has 0 aliphatic carbocycles. The van der Waals surface area contributed by atoms with Gasteiger partial charge in [-0.1, -0.05) is 26.0 Å². The summed E-state index contributed by atoms with van der Waals surface area (Å²) in [6, 6.07) is 11.0. The molecule has 2 aliphatic rings. The Labute approximate surface area is 153 Å². The molecule has 0 bridgehead atoms. The number of anilines is 1. The number of rotatable bonds is 3. The second-order valence-electron chi connectivity index (χ2n) is 7.14. The van der Waals surface area contributed by atoms with Crippen LogP contribution in [-0.2, 0) is 4.74 Å². The molecule has 0 radical (unpaired) electrons. The molecule has 2 unspecified atom stereocenters. The number of nitrogens with one attached hydrogen (secondary N) is 1. The molecule has 6 heteroatoms. The molecule has 1 aromatic heterocycles. The molecule has 2 aromatic rings. The predicted molar refractivity (Wildman–Crippen MR) is 101 cm³/mol. The van der Waals surface area contributed by atoms with Gasteiger partial charge in [-0.2, -0.15) is 10.4 Å². The Bertz CT molecular complexity index is 857. The number of nitrogens with zero attached hydrogens (tertiary/aromatic N) is 4. The van der Waals surface area contributed by atoms with E-state index in [4.69, 9.17) is 9.73 Å². The van der Waals surface area contributed by atoms with E-state index in [9.17, 15) is 5.26 Å². The molecule has 2 aliphatic heterocycles. The maximum Gasteiger partial charge on any atom is 0.151 e. The van der Waals surface area contributed by atoms with Crippen molar-refractivity contribution in [2.24, 2.45) is 16.8 Å². The number of hydrogen-bond acceptors (Lipinski definition) is 5. The van der Waals surface area contributed by atoms with Gasteiger partial charge in [-0.25, -0.2) is 4.99 Å². The first kappa shape index (κ1) is 16.8. The van der Waals surface area contributed by atoms with Crippen molar-refractivity contribution in [3.63, 3.8) is 0 Å². The molecule has 3 heterocycles. The Morgan fingerprint density at radius 2 is 2.12 bits per heavy atom. The van der Waals surface area contributed by atoms with E-state index < -0.39 is 0 Å².